The van der Waals surface area contributed by atoms with Crippen LogP contribution in [0.15, 0.2) is 34.9 Å². The van der Waals surface area contributed by atoms with Gasteiger partial charge in [-0.25, -0.2) is 0 Å². The first-order valence-electron chi connectivity index (χ1n) is 5.18. The molecule has 0 amide bonds. The number of rotatable bonds is 0. The fourth-order valence-electron chi connectivity index (χ4n) is 1.51. The maximum absolute atomic E-state index is 4.22. The third-order valence-corrected chi connectivity index (χ3v) is 2.53. The van der Waals surface area contributed by atoms with E-state index in [1.54, 1.807) is 0 Å². The Kier molecular flexibility index (Phi) is 2.35. The molecule has 1 N–H and O–H groups in total. The number of benzene rings is 1. The molecular formula is C13H16N2. The summed E-state index contributed by atoms with van der Waals surface area (Å²) in [5, 5.41) is 4.22. The molecule has 78 valence electrons. The van der Waals surface area contributed by atoms with Gasteiger partial charge >= 0.3 is 0 Å². The number of nitrogens with one attached hydrogen (secondary N) is 1. The maximum atomic E-state index is 4.22. The lowest BCUT2D eigenvalue weighted by atomic mass is 9.86. The van der Waals surface area contributed by atoms with Gasteiger partial charge < -0.3 is 0 Å². The van der Waals surface area contributed by atoms with E-state index >= 15 is 0 Å². The minimum atomic E-state index is 0.128. The Hall–Kier alpha value is -1.57. The number of anilines is 1. The SMILES string of the molecule is CC(C)(C)C1=Cc2ccccc2NN=C1. The number of hydrazone groups is 1. The van der Waals surface area contributed by atoms with Gasteiger partial charge in [-0.15, -0.1) is 0 Å². The zero-order valence-electron chi connectivity index (χ0n) is 9.41. The normalized spacial score (nSPS) is 15.0. The fraction of sp³-hybridized carbons (Fsp3) is 0.308. The summed E-state index contributed by atoms with van der Waals surface area (Å²) in [6, 6.07) is 8.19. The van der Waals surface area contributed by atoms with E-state index in [0.29, 0.717) is 0 Å². The van der Waals surface area contributed by atoms with E-state index in [-0.39, 0.29) is 5.41 Å². The molecule has 2 heteroatoms. The Morgan fingerprint density at radius 1 is 1.13 bits per heavy atom. The Morgan fingerprint density at radius 3 is 2.60 bits per heavy atom. The van der Waals surface area contributed by atoms with Gasteiger partial charge in [0.05, 0.1) is 11.9 Å². The van der Waals surface area contributed by atoms with Crippen molar-refractivity contribution in [3.63, 3.8) is 0 Å². The molecule has 0 fully saturated rings. The molecule has 0 spiro atoms. The molecule has 1 heterocycles. The second-order valence-electron chi connectivity index (χ2n) is 4.81. The standard InChI is InChI=1S/C13H16N2/c1-13(2,3)11-8-10-6-4-5-7-12(10)15-14-9-11/h4-9,15H,1-3H3. The van der Waals surface area contributed by atoms with Crippen LogP contribution >= 0.6 is 0 Å². The first kappa shape index (κ1) is 9.97. The molecule has 1 aromatic carbocycles. The van der Waals surface area contributed by atoms with Crippen molar-refractivity contribution in [3.05, 3.63) is 35.4 Å². The van der Waals surface area contributed by atoms with E-state index in [4.69, 9.17) is 0 Å². The van der Waals surface area contributed by atoms with Crippen molar-refractivity contribution in [1.82, 2.24) is 0 Å². The van der Waals surface area contributed by atoms with Crippen LogP contribution < -0.4 is 5.43 Å². The van der Waals surface area contributed by atoms with Crippen LogP contribution in [0.1, 0.15) is 26.3 Å². The van der Waals surface area contributed by atoms with Crippen LogP contribution in [0.4, 0.5) is 5.69 Å². The van der Waals surface area contributed by atoms with Crippen molar-refractivity contribution in [2.45, 2.75) is 20.8 Å². The van der Waals surface area contributed by atoms with Gasteiger partial charge in [-0.05, 0) is 28.7 Å². The predicted molar refractivity (Wildman–Crippen MR) is 66.0 cm³/mol. The van der Waals surface area contributed by atoms with Crippen molar-refractivity contribution in [3.8, 4) is 0 Å². The molecule has 0 atom stereocenters. The van der Waals surface area contributed by atoms with Crippen LogP contribution in [0, 0.1) is 5.41 Å². The molecule has 15 heavy (non-hydrogen) atoms. The number of para-hydroxylation sites is 1. The van der Waals surface area contributed by atoms with Gasteiger partial charge in [0.25, 0.3) is 0 Å². The van der Waals surface area contributed by atoms with E-state index in [1.165, 1.54) is 11.1 Å². The number of fused-ring (bicyclic) bond motifs is 1. The van der Waals surface area contributed by atoms with E-state index in [1.807, 2.05) is 24.4 Å². The van der Waals surface area contributed by atoms with Crippen LogP contribution in [0.25, 0.3) is 6.08 Å². The van der Waals surface area contributed by atoms with E-state index < -0.39 is 0 Å². The fourth-order valence-corrected chi connectivity index (χ4v) is 1.51. The molecule has 1 aliphatic heterocycles. The average molecular weight is 200 g/mol. The van der Waals surface area contributed by atoms with Gasteiger partial charge in [-0.2, -0.15) is 5.10 Å². The summed E-state index contributed by atoms with van der Waals surface area (Å²) in [7, 11) is 0. The predicted octanol–water partition coefficient (Wildman–Crippen LogP) is 3.53. The number of allylic oxidation sites excluding steroid dienone is 1. The topological polar surface area (TPSA) is 24.4 Å². The van der Waals surface area contributed by atoms with Crippen LogP contribution in [0.2, 0.25) is 0 Å². The van der Waals surface area contributed by atoms with Gasteiger partial charge in [0.15, 0.2) is 0 Å². The highest BCUT2D eigenvalue weighted by Gasteiger charge is 2.17. The van der Waals surface area contributed by atoms with Crippen molar-refractivity contribution >= 4 is 18.0 Å². The van der Waals surface area contributed by atoms with Gasteiger partial charge in [-0.3, -0.25) is 5.43 Å². The van der Waals surface area contributed by atoms with Crippen molar-refractivity contribution < 1.29 is 0 Å². The average Bonchev–Trinajstić information content (AvgIpc) is 2.38. The summed E-state index contributed by atoms with van der Waals surface area (Å²) in [5.74, 6) is 0. The van der Waals surface area contributed by atoms with Gasteiger partial charge in [0, 0.05) is 0 Å². The summed E-state index contributed by atoms with van der Waals surface area (Å²) in [4.78, 5) is 0. The van der Waals surface area contributed by atoms with E-state index in [0.717, 1.165) is 5.69 Å². The summed E-state index contributed by atoms with van der Waals surface area (Å²) >= 11 is 0. The lowest BCUT2D eigenvalue weighted by Gasteiger charge is -2.18. The highest BCUT2D eigenvalue weighted by Crippen LogP contribution is 2.29. The molecule has 0 aromatic heterocycles. The van der Waals surface area contributed by atoms with Crippen LogP contribution in [-0.4, -0.2) is 6.21 Å². The molecule has 2 rings (SSSR count). The zero-order chi connectivity index (χ0) is 10.9. The number of hydrogen-bond donors (Lipinski definition) is 1. The molecule has 1 aliphatic rings. The lowest BCUT2D eigenvalue weighted by molar-refractivity contribution is 0.530. The van der Waals surface area contributed by atoms with Crippen LogP contribution in [-0.2, 0) is 0 Å². The molecule has 0 saturated heterocycles. The minimum Gasteiger partial charge on any atom is -0.278 e. The first-order valence-corrected chi connectivity index (χ1v) is 5.18. The van der Waals surface area contributed by atoms with Crippen molar-refractivity contribution in [2.75, 3.05) is 5.43 Å². The largest absolute Gasteiger partial charge is 0.278 e. The Balaban J connectivity index is 2.50. The Labute approximate surface area is 90.7 Å². The lowest BCUT2D eigenvalue weighted by Crippen LogP contribution is -2.10. The minimum absolute atomic E-state index is 0.128. The first-order chi connectivity index (χ1) is 7.07. The number of nitrogens with zero attached hydrogens (tertiary/aromatic N) is 1. The second-order valence-corrected chi connectivity index (χ2v) is 4.81. The van der Waals surface area contributed by atoms with Crippen molar-refractivity contribution in [1.29, 1.82) is 0 Å². The maximum Gasteiger partial charge on any atom is 0.0634 e. The summed E-state index contributed by atoms with van der Waals surface area (Å²) < 4.78 is 0. The monoisotopic (exact) mass is 200 g/mol. The highest BCUT2D eigenvalue weighted by atomic mass is 15.3. The molecule has 0 radical (unpaired) electrons. The summed E-state index contributed by atoms with van der Waals surface area (Å²) in [6.45, 7) is 6.58. The van der Waals surface area contributed by atoms with E-state index in [2.05, 4.69) is 43.4 Å². The molecule has 0 aliphatic carbocycles. The van der Waals surface area contributed by atoms with Crippen molar-refractivity contribution in [2.24, 2.45) is 10.5 Å². The molecular weight excluding hydrogens is 184 g/mol. The Morgan fingerprint density at radius 2 is 1.87 bits per heavy atom. The third kappa shape index (κ3) is 2.09. The molecule has 0 bridgehead atoms. The van der Waals surface area contributed by atoms with Crippen LogP contribution in [0.3, 0.4) is 0 Å². The van der Waals surface area contributed by atoms with Crippen LogP contribution in [0.5, 0.6) is 0 Å². The van der Waals surface area contributed by atoms with E-state index in [9.17, 15) is 0 Å². The number of hydrogen-bond acceptors (Lipinski definition) is 2. The Bertz CT molecular complexity index is 422. The van der Waals surface area contributed by atoms with Gasteiger partial charge in [0.2, 0.25) is 0 Å². The van der Waals surface area contributed by atoms with Gasteiger partial charge in [-0.1, -0.05) is 39.0 Å². The summed E-state index contributed by atoms with van der Waals surface area (Å²) in [5.41, 5.74) is 6.67. The highest BCUT2D eigenvalue weighted by molar-refractivity contribution is 5.91. The second kappa shape index (κ2) is 3.54. The zero-order valence-corrected chi connectivity index (χ0v) is 9.41. The summed E-state index contributed by atoms with van der Waals surface area (Å²) in [6.07, 6.45) is 4.10. The smallest absolute Gasteiger partial charge is 0.0634 e. The molecule has 2 nitrogen and oxygen atoms in total. The quantitative estimate of drug-likeness (QED) is 0.680. The molecule has 0 saturated carbocycles. The third-order valence-electron chi connectivity index (χ3n) is 2.53. The van der Waals surface area contributed by atoms with Gasteiger partial charge in [0.1, 0.15) is 0 Å². The molecule has 0 unspecified atom stereocenters. The molecule has 1 aromatic rings.